The number of nitrogens with zero attached hydrogens (tertiary/aromatic N) is 2. The summed E-state index contributed by atoms with van der Waals surface area (Å²) in [5, 5.41) is 0. The summed E-state index contributed by atoms with van der Waals surface area (Å²) < 4.78 is 27.5. The highest BCUT2D eigenvalue weighted by atomic mass is 79.9. The number of pyridine rings is 2. The first-order valence-electron chi connectivity index (χ1n) is 5.50. The molecule has 0 aromatic carbocycles. The molecular weight excluding hydrogens is 346 g/mol. The maximum atomic E-state index is 12.1. The Balaban J connectivity index is 2.27. The van der Waals surface area contributed by atoms with Gasteiger partial charge in [-0.1, -0.05) is 0 Å². The highest BCUT2D eigenvalue weighted by molar-refractivity contribution is 9.10. The van der Waals surface area contributed by atoms with Gasteiger partial charge in [-0.3, -0.25) is 4.72 Å². The smallest absolute Gasteiger partial charge is 0.264 e. The molecule has 0 spiro atoms. The van der Waals surface area contributed by atoms with Crippen molar-refractivity contribution in [2.24, 2.45) is 5.84 Å². The minimum absolute atomic E-state index is 0.0267. The number of hydrazine groups is 1. The van der Waals surface area contributed by atoms with Crippen molar-refractivity contribution < 1.29 is 8.42 Å². The Labute approximate surface area is 124 Å². The van der Waals surface area contributed by atoms with Gasteiger partial charge >= 0.3 is 0 Å². The quantitative estimate of drug-likeness (QED) is 0.566. The van der Waals surface area contributed by atoms with Crippen LogP contribution in [-0.4, -0.2) is 18.4 Å². The van der Waals surface area contributed by atoms with E-state index >= 15 is 0 Å². The van der Waals surface area contributed by atoms with Gasteiger partial charge in [-0.05, 0) is 46.6 Å². The van der Waals surface area contributed by atoms with Crippen molar-refractivity contribution in [1.82, 2.24) is 9.97 Å². The Kier molecular flexibility index (Phi) is 4.21. The molecule has 106 valence electrons. The van der Waals surface area contributed by atoms with Gasteiger partial charge in [-0.15, -0.1) is 0 Å². The maximum absolute atomic E-state index is 12.1. The average Bonchev–Trinajstić information content (AvgIpc) is 2.43. The number of hydrogen-bond donors (Lipinski definition) is 3. The van der Waals surface area contributed by atoms with Crippen LogP contribution in [0.25, 0.3) is 0 Å². The predicted molar refractivity (Wildman–Crippen MR) is 79.5 cm³/mol. The average molecular weight is 358 g/mol. The molecule has 4 N–H and O–H groups in total. The van der Waals surface area contributed by atoms with E-state index in [1.807, 2.05) is 6.92 Å². The fraction of sp³-hybridized carbons (Fsp3) is 0.0909. The molecule has 0 saturated heterocycles. The zero-order chi connectivity index (χ0) is 14.8. The molecule has 0 amide bonds. The van der Waals surface area contributed by atoms with E-state index in [4.69, 9.17) is 5.84 Å². The number of nitrogens with one attached hydrogen (secondary N) is 2. The Morgan fingerprint density at radius 2 is 1.90 bits per heavy atom. The number of halogens is 1. The predicted octanol–water partition coefficient (Wildman–Crippen LogP) is 1.63. The first-order valence-corrected chi connectivity index (χ1v) is 7.77. The summed E-state index contributed by atoms with van der Waals surface area (Å²) in [6.45, 7) is 1.84. The van der Waals surface area contributed by atoms with Crippen molar-refractivity contribution in [2.75, 3.05) is 10.1 Å². The van der Waals surface area contributed by atoms with Crippen molar-refractivity contribution in [1.29, 1.82) is 0 Å². The molecule has 20 heavy (non-hydrogen) atoms. The molecule has 0 aliphatic carbocycles. The van der Waals surface area contributed by atoms with E-state index < -0.39 is 10.0 Å². The zero-order valence-corrected chi connectivity index (χ0v) is 12.9. The Morgan fingerprint density at radius 1 is 1.20 bits per heavy atom. The molecule has 0 saturated carbocycles. The zero-order valence-electron chi connectivity index (χ0n) is 10.5. The molecule has 0 fully saturated rings. The largest absolute Gasteiger partial charge is 0.308 e. The fourth-order valence-electron chi connectivity index (χ4n) is 1.42. The summed E-state index contributed by atoms with van der Waals surface area (Å²) in [4.78, 5) is 7.87. The van der Waals surface area contributed by atoms with Crippen LogP contribution in [-0.2, 0) is 10.0 Å². The summed E-state index contributed by atoms with van der Waals surface area (Å²) in [7, 11) is -3.73. The van der Waals surface area contributed by atoms with Gasteiger partial charge in [0.15, 0.2) is 0 Å². The van der Waals surface area contributed by atoms with E-state index in [1.165, 1.54) is 24.5 Å². The van der Waals surface area contributed by atoms with Gasteiger partial charge in [0.05, 0.1) is 0 Å². The van der Waals surface area contributed by atoms with E-state index in [1.54, 1.807) is 6.07 Å². The fourth-order valence-corrected chi connectivity index (χ4v) is 2.58. The molecule has 0 aliphatic heterocycles. The van der Waals surface area contributed by atoms with Crippen LogP contribution in [0.3, 0.4) is 0 Å². The van der Waals surface area contributed by atoms with E-state index in [9.17, 15) is 8.42 Å². The summed E-state index contributed by atoms with van der Waals surface area (Å²) in [5.74, 6) is 5.79. The lowest BCUT2D eigenvalue weighted by Gasteiger charge is -2.08. The number of nitrogen functional groups attached to an aromatic ring is 1. The van der Waals surface area contributed by atoms with Gasteiger partial charge in [0.1, 0.15) is 16.5 Å². The topological polar surface area (TPSA) is 110 Å². The molecule has 0 radical (unpaired) electrons. The van der Waals surface area contributed by atoms with Crippen LogP contribution in [0.5, 0.6) is 0 Å². The van der Waals surface area contributed by atoms with Gasteiger partial charge in [0.25, 0.3) is 10.0 Å². The first-order chi connectivity index (χ1) is 9.42. The van der Waals surface area contributed by atoms with E-state index in [0.717, 1.165) is 10.0 Å². The second-order valence-corrected chi connectivity index (χ2v) is 6.48. The standard InChI is InChI=1S/C11H12BrN5O2S/c1-7-4-11(15-6-9(7)12)17-20(18,19)8-2-3-10(16-13)14-5-8/h2-6H,13H2,1H3,(H,14,16)(H,15,17). The Bertz CT molecular complexity index is 718. The lowest BCUT2D eigenvalue weighted by molar-refractivity contribution is 0.600. The van der Waals surface area contributed by atoms with Gasteiger partial charge in [0.2, 0.25) is 0 Å². The number of anilines is 2. The molecule has 2 aromatic heterocycles. The number of aromatic nitrogens is 2. The van der Waals surface area contributed by atoms with Crippen molar-refractivity contribution >= 4 is 37.6 Å². The number of rotatable bonds is 4. The molecule has 7 nitrogen and oxygen atoms in total. The lowest BCUT2D eigenvalue weighted by atomic mass is 10.3. The van der Waals surface area contributed by atoms with Crippen LogP contribution in [0.4, 0.5) is 11.6 Å². The Morgan fingerprint density at radius 3 is 2.45 bits per heavy atom. The SMILES string of the molecule is Cc1cc(NS(=O)(=O)c2ccc(NN)nc2)ncc1Br. The van der Waals surface area contributed by atoms with Gasteiger partial charge < -0.3 is 5.43 Å². The summed E-state index contributed by atoms with van der Waals surface area (Å²) in [5.41, 5.74) is 3.20. The Hall–Kier alpha value is -1.71. The highest BCUT2D eigenvalue weighted by Crippen LogP contribution is 2.20. The summed E-state index contributed by atoms with van der Waals surface area (Å²) >= 11 is 3.30. The van der Waals surface area contributed by atoms with Gasteiger partial charge in [0, 0.05) is 16.9 Å². The third kappa shape index (κ3) is 3.24. The third-order valence-corrected chi connectivity index (χ3v) is 4.65. The lowest BCUT2D eigenvalue weighted by Crippen LogP contribution is -2.15. The van der Waals surface area contributed by atoms with Crippen LogP contribution in [0.1, 0.15) is 5.56 Å². The number of hydrogen-bond acceptors (Lipinski definition) is 6. The molecular formula is C11H12BrN5O2S. The maximum Gasteiger partial charge on any atom is 0.264 e. The molecule has 2 heterocycles. The van der Waals surface area contributed by atoms with Crippen LogP contribution in [0, 0.1) is 6.92 Å². The molecule has 2 rings (SSSR count). The molecule has 2 aromatic rings. The van der Waals surface area contributed by atoms with Crippen LogP contribution in [0.2, 0.25) is 0 Å². The van der Waals surface area contributed by atoms with Crippen LogP contribution >= 0.6 is 15.9 Å². The second-order valence-electron chi connectivity index (χ2n) is 3.95. The van der Waals surface area contributed by atoms with Crippen LogP contribution in [0.15, 0.2) is 40.0 Å². The van der Waals surface area contributed by atoms with Crippen molar-refractivity contribution in [3.8, 4) is 0 Å². The summed E-state index contributed by atoms with van der Waals surface area (Å²) in [6.07, 6.45) is 2.75. The minimum atomic E-state index is -3.73. The van der Waals surface area contributed by atoms with Crippen LogP contribution < -0.4 is 16.0 Å². The van der Waals surface area contributed by atoms with E-state index in [0.29, 0.717) is 5.82 Å². The third-order valence-electron chi connectivity index (χ3n) is 2.48. The number of aryl methyl sites for hydroxylation is 1. The molecule has 0 bridgehead atoms. The van der Waals surface area contributed by atoms with Crippen molar-refractivity contribution in [3.63, 3.8) is 0 Å². The minimum Gasteiger partial charge on any atom is -0.308 e. The summed E-state index contributed by atoms with van der Waals surface area (Å²) in [6, 6.07) is 4.50. The highest BCUT2D eigenvalue weighted by Gasteiger charge is 2.15. The molecule has 0 aliphatic rings. The molecule has 0 unspecified atom stereocenters. The van der Waals surface area contributed by atoms with E-state index in [-0.39, 0.29) is 10.7 Å². The van der Waals surface area contributed by atoms with E-state index in [2.05, 4.69) is 36.0 Å². The number of sulfonamides is 1. The monoisotopic (exact) mass is 357 g/mol. The molecule has 9 heteroatoms. The van der Waals surface area contributed by atoms with Crippen molar-refractivity contribution in [2.45, 2.75) is 11.8 Å². The van der Waals surface area contributed by atoms with Crippen molar-refractivity contribution in [3.05, 3.63) is 40.6 Å². The molecule has 0 atom stereocenters. The first kappa shape index (κ1) is 14.7. The van der Waals surface area contributed by atoms with Gasteiger partial charge in [-0.25, -0.2) is 24.2 Å². The number of nitrogens with two attached hydrogens (primary N) is 1. The van der Waals surface area contributed by atoms with Gasteiger partial charge in [-0.2, -0.15) is 0 Å². The normalized spacial score (nSPS) is 11.2. The second kappa shape index (κ2) is 5.73.